The van der Waals surface area contributed by atoms with Crippen molar-refractivity contribution >= 4 is 11.8 Å². The molecule has 1 aliphatic carbocycles. The summed E-state index contributed by atoms with van der Waals surface area (Å²) >= 11 is 1.99. The van der Waals surface area contributed by atoms with Crippen LogP contribution < -0.4 is 0 Å². The molecule has 0 aromatic rings. The van der Waals surface area contributed by atoms with E-state index in [-0.39, 0.29) is 0 Å². The molecule has 54 valence electrons. The molecule has 0 spiro atoms. The first-order valence-electron chi connectivity index (χ1n) is 3.62. The zero-order chi connectivity index (χ0) is 6.53. The van der Waals surface area contributed by atoms with Crippen LogP contribution >= 0.6 is 11.8 Å². The minimum atomic E-state index is 0.359. The van der Waals surface area contributed by atoms with Crippen molar-refractivity contribution < 1.29 is 5.11 Å². The monoisotopic (exact) mass is 146 g/mol. The highest BCUT2D eigenvalue weighted by Gasteiger charge is 2.20. The molecule has 0 aromatic heterocycles. The van der Waals surface area contributed by atoms with E-state index in [4.69, 9.17) is 5.11 Å². The van der Waals surface area contributed by atoms with Gasteiger partial charge in [0, 0.05) is 6.61 Å². The van der Waals surface area contributed by atoms with Crippen LogP contribution in [-0.4, -0.2) is 23.2 Å². The number of hydrogen-bond acceptors (Lipinski definition) is 2. The molecule has 1 N–H and O–H groups in total. The van der Waals surface area contributed by atoms with E-state index < -0.39 is 0 Å². The Labute approximate surface area is 60.8 Å². The molecule has 9 heavy (non-hydrogen) atoms. The highest BCUT2D eigenvalue weighted by molar-refractivity contribution is 7.99. The Morgan fingerprint density at radius 2 is 2.22 bits per heavy atom. The Hall–Kier alpha value is 0.310. The molecule has 1 fully saturated rings. The predicted octanol–water partition coefficient (Wildman–Crippen LogP) is 1.51. The van der Waals surface area contributed by atoms with Crippen molar-refractivity contribution in [1.29, 1.82) is 0 Å². The Bertz CT molecular complexity index is 71.3. The molecule has 0 atom stereocenters. The summed E-state index contributed by atoms with van der Waals surface area (Å²) in [5.41, 5.74) is 0. The van der Waals surface area contributed by atoms with Crippen LogP contribution in [0.5, 0.6) is 0 Å². The van der Waals surface area contributed by atoms with Gasteiger partial charge in [0.1, 0.15) is 0 Å². The van der Waals surface area contributed by atoms with Gasteiger partial charge >= 0.3 is 0 Å². The summed E-state index contributed by atoms with van der Waals surface area (Å²) in [5, 5.41) is 8.43. The van der Waals surface area contributed by atoms with E-state index in [0.717, 1.165) is 18.1 Å². The molecule has 1 aliphatic rings. The maximum Gasteiger partial charge on any atom is 0.0438 e. The van der Waals surface area contributed by atoms with E-state index in [2.05, 4.69) is 0 Å². The number of aliphatic hydroxyl groups excluding tert-OH is 1. The van der Waals surface area contributed by atoms with Crippen LogP contribution in [-0.2, 0) is 0 Å². The predicted molar refractivity (Wildman–Crippen MR) is 41.8 cm³/mol. The fraction of sp³-hybridized carbons (Fsp3) is 1.00. The van der Waals surface area contributed by atoms with E-state index in [1.54, 1.807) is 0 Å². The summed E-state index contributed by atoms with van der Waals surface area (Å²) in [6.45, 7) is 0.359. The minimum absolute atomic E-state index is 0.359. The molecule has 1 saturated carbocycles. The van der Waals surface area contributed by atoms with E-state index >= 15 is 0 Å². The Kier molecular flexibility index (Phi) is 3.44. The topological polar surface area (TPSA) is 20.2 Å². The number of thioether (sulfide) groups is 1. The minimum Gasteiger partial charge on any atom is -0.396 e. The molecule has 0 aliphatic heterocycles. The number of aliphatic hydroxyl groups is 1. The highest BCUT2D eigenvalue weighted by atomic mass is 32.2. The van der Waals surface area contributed by atoms with Crippen LogP contribution in [0.15, 0.2) is 0 Å². The maximum atomic E-state index is 8.43. The van der Waals surface area contributed by atoms with Crippen molar-refractivity contribution in [3.63, 3.8) is 0 Å². The Morgan fingerprint density at radius 1 is 1.44 bits per heavy atom. The standard InChI is InChI=1S/C7H14OS/c8-4-1-5-9-6-7-2-3-7/h7-8H,1-6H2. The third-order valence-corrected chi connectivity index (χ3v) is 2.78. The SMILES string of the molecule is OCCCSCC1CC1. The fourth-order valence-corrected chi connectivity index (χ4v) is 1.87. The van der Waals surface area contributed by atoms with Crippen molar-refractivity contribution in [3.05, 3.63) is 0 Å². The average Bonchev–Trinajstić information content (AvgIpc) is 2.63. The summed E-state index contributed by atoms with van der Waals surface area (Å²) in [7, 11) is 0. The van der Waals surface area contributed by atoms with Gasteiger partial charge in [0.15, 0.2) is 0 Å². The average molecular weight is 146 g/mol. The van der Waals surface area contributed by atoms with Gasteiger partial charge < -0.3 is 5.11 Å². The first kappa shape index (κ1) is 7.42. The van der Waals surface area contributed by atoms with Crippen LogP contribution in [0.4, 0.5) is 0 Å². The van der Waals surface area contributed by atoms with Crippen LogP contribution in [0.1, 0.15) is 19.3 Å². The van der Waals surface area contributed by atoms with Crippen LogP contribution in [0, 0.1) is 5.92 Å². The summed E-state index contributed by atoms with van der Waals surface area (Å²) < 4.78 is 0. The third kappa shape index (κ3) is 3.82. The van der Waals surface area contributed by atoms with Gasteiger partial charge in [-0.1, -0.05) is 0 Å². The van der Waals surface area contributed by atoms with Crippen molar-refractivity contribution in [2.24, 2.45) is 5.92 Å². The lowest BCUT2D eigenvalue weighted by molar-refractivity contribution is 0.296. The number of hydrogen-bond donors (Lipinski definition) is 1. The highest BCUT2D eigenvalue weighted by Crippen LogP contribution is 2.32. The van der Waals surface area contributed by atoms with E-state index in [9.17, 15) is 0 Å². The van der Waals surface area contributed by atoms with Crippen molar-refractivity contribution in [3.8, 4) is 0 Å². The lowest BCUT2D eigenvalue weighted by atomic mass is 10.5. The molecule has 0 heterocycles. The van der Waals surface area contributed by atoms with Crippen LogP contribution in [0.3, 0.4) is 0 Å². The van der Waals surface area contributed by atoms with Gasteiger partial charge in [-0.25, -0.2) is 0 Å². The largest absolute Gasteiger partial charge is 0.396 e. The van der Waals surface area contributed by atoms with E-state index in [1.165, 1.54) is 18.6 Å². The first-order chi connectivity index (χ1) is 4.43. The molecule has 0 bridgehead atoms. The van der Waals surface area contributed by atoms with Crippen LogP contribution in [0.2, 0.25) is 0 Å². The maximum absolute atomic E-state index is 8.43. The van der Waals surface area contributed by atoms with Crippen LogP contribution in [0.25, 0.3) is 0 Å². The summed E-state index contributed by atoms with van der Waals surface area (Å²) in [5.74, 6) is 3.51. The Balaban J connectivity index is 1.71. The van der Waals surface area contributed by atoms with Crippen molar-refractivity contribution in [1.82, 2.24) is 0 Å². The van der Waals surface area contributed by atoms with Gasteiger partial charge in [-0.15, -0.1) is 0 Å². The van der Waals surface area contributed by atoms with Gasteiger partial charge in [0.05, 0.1) is 0 Å². The molecule has 0 aromatic carbocycles. The van der Waals surface area contributed by atoms with E-state index in [0.29, 0.717) is 6.61 Å². The van der Waals surface area contributed by atoms with Gasteiger partial charge in [0.25, 0.3) is 0 Å². The quantitative estimate of drug-likeness (QED) is 0.593. The third-order valence-electron chi connectivity index (χ3n) is 1.50. The second-order valence-corrected chi connectivity index (χ2v) is 3.75. The summed E-state index contributed by atoms with van der Waals surface area (Å²) in [6.07, 6.45) is 3.87. The fourth-order valence-electron chi connectivity index (χ4n) is 0.701. The van der Waals surface area contributed by atoms with Gasteiger partial charge in [-0.05, 0) is 36.7 Å². The molecule has 0 radical (unpaired) electrons. The summed E-state index contributed by atoms with van der Waals surface area (Å²) in [6, 6.07) is 0. The number of rotatable bonds is 5. The lowest BCUT2D eigenvalue weighted by Gasteiger charge is -1.95. The van der Waals surface area contributed by atoms with E-state index in [1.807, 2.05) is 11.8 Å². The molecule has 1 rings (SSSR count). The Morgan fingerprint density at radius 3 is 2.78 bits per heavy atom. The van der Waals surface area contributed by atoms with Gasteiger partial charge in [0.2, 0.25) is 0 Å². The van der Waals surface area contributed by atoms with Crippen molar-refractivity contribution in [2.45, 2.75) is 19.3 Å². The zero-order valence-corrected chi connectivity index (χ0v) is 6.49. The van der Waals surface area contributed by atoms with Crippen molar-refractivity contribution in [2.75, 3.05) is 18.1 Å². The zero-order valence-electron chi connectivity index (χ0n) is 5.68. The first-order valence-corrected chi connectivity index (χ1v) is 4.77. The normalized spacial score (nSPS) is 18.3. The lowest BCUT2D eigenvalue weighted by Crippen LogP contribution is -1.88. The second kappa shape index (κ2) is 4.18. The molecule has 0 saturated heterocycles. The molecule has 0 amide bonds. The summed E-state index contributed by atoms with van der Waals surface area (Å²) in [4.78, 5) is 0. The molecular weight excluding hydrogens is 132 g/mol. The molecule has 1 nitrogen and oxygen atoms in total. The molecule has 0 unspecified atom stereocenters. The smallest absolute Gasteiger partial charge is 0.0438 e. The van der Waals surface area contributed by atoms with Gasteiger partial charge in [-0.2, -0.15) is 11.8 Å². The molecular formula is C7H14OS. The second-order valence-electron chi connectivity index (χ2n) is 2.60. The molecule has 2 heteroatoms. The van der Waals surface area contributed by atoms with Gasteiger partial charge in [-0.3, -0.25) is 0 Å².